The van der Waals surface area contributed by atoms with Gasteiger partial charge in [0.25, 0.3) is 5.91 Å². The van der Waals surface area contributed by atoms with Crippen molar-refractivity contribution >= 4 is 23.5 Å². The predicted molar refractivity (Wildman–Crippen MR) is 89.7 cm³/mol. The van der Waals surface area contributed by atoms with Crippen LogP contribution in [0.5, 0.6) is 0 Å². The van der Waals surface area contributed by atoms with Crippen LogP contribution in [0.15, 0.2) is 24.3 Å². The van der Waals surface area contributed by atoms with Gasteiger partial charge in [0, 0.05) is 39.3 Å². The molecular weight excluding hydrogens is 314 g/mol. The van der Waals surface area contributed by atoms with Crippen molar-refractivity contribution in [1.29, 1.82) is 0 Å². The molecule has 0 aliphatic carbocycles. The summed E-state index contributed by atoms with van der Waals surface area (Å²) in [5.41, 5.74) is 0.532. The van der Waals surface area contributed by atoms with Crippen LogP contribution in [0.25, 0.3) is 0 Å². The number of carbonyl (C=O) groups is 2. The highest BCUT2D eigenvalue weighted by atomic mass is 35.5. The number of benzene rings is 1. The lowest BCUT2D eigenvalue weighted by Gasteiger charge is -2.38. The van der Waals surface area contributed by atoms with E-state index in [4.69, 9.17) is 11.6 Å². The second-order valence-corrected chi connectivity index (χ2v) is 6.50. The molecule has 0 N–H and O–H groups in total. The molecule has 0 aromatic heterocycles. The Morgan fingerprint density at radius 3 is 2.00 bits per heavy atom. The number of rotatable bonds is 1. The van der Waals surface area contributed by atoms with E-state index in [1.165, 1.54) is 6.42 Å². The normalized spacial score (nSPS) is 18.9. The summed E-state index contributed by atoms with van der Waals surface area (Å²) in [4.78, 5) is 30.6. The van der Waals surface area contributed by atoms with Gasteiger partial charge in [-0.15, -0.1) is 0 Å². The molecule has 3 amide bonds. The lowest BCUT2D eigenvalue weighted by atomic mass is 10.1. The number of amides is 3. The maximum atomic E-state index is 12.5. The van der Waals surface area contributed by atoms with Gasteiger partial charge in [0.2, 0.25) is 0 Å². The lowest BCUT2D eigenvalue weighted by Crippen LogP contribution is -2.54. The van der Waals surface area contributed by atoms with Crippen molar-refractivity contribution in [2.45, 2.75) is 19.3 Å². The van der Waals surface area contributed by atoms with Gasteiger partial charge >= 0.3 is 6.03 Å². The summed E-state index contributed by atoms with van der Waals surface area (Å²) in [5.74, 6) is -0.0549. The van der Waals surface area contributed by atoms with E-state index in [0.29, 0.717) is 36.8 Å². The highest BCUT2D eigenvalue weighted by Crippen LogP contribution is 2.19. The number of halogens is 1. The summed E-state index contributed by atoms with van der Waals surface area (Å²) in [7, 11) is 0. The largest absolute Gasteiger partial charge is 0.335 e. The van der Waals surface area contributed by atoms with Gasteiger partial charge in [-0.2, -0.15) is 0 Å². The molecule has 0 radical (unpaired) electrons. The van der Waals surface area contributed by atoms with Crippen LogP contribution < -0.4 is 0 Å². The van der Waals surface area contributed by atoms with E-state index in [-0.39, 0.29) is 11.9 Å². The van der Waals surface area contributed by atoms with Crippen LogP contribution in [0.2, 0.25) is 5.02 Å². The smallest absolute Gasteiger partial charge is 0.320 e. The Bertz CT molecular complexity index is 579. The van der Waals surface area contributed by atoms with Crippen LogP contribution in [0.4, 0.5) is 4.79 Å². The highest BCUT2D eigenvalue weighted by molar-refractivity contribution is 6.33. The number of piperazine rings is 1. The average molecular weight is 336 g/mol. The Kier molecular flexibility index (Phi) is 5.06. The zero-order valence-electron chi connectivity index (χ0n) is 13.2. The highest BCUT2D eigenvalue weighted by Gasteiger charge is 2.28. The molecule has 2 saturated heterocycles. The first-order valence-electron chi connectivity index (χ1n) is 8.24. The van der Waals surface area contributed by atoms with Crippen LogP contribution in [0.3, 0.4) is 0 Å². The molecule has 2 aliphatic heterocycles. The van der Waals surface area contributed by atoms with E-state index in [2.05, 4.69) is 0 Å². The summed E-state index contributed by atoms with van der Waals surface area (Å²) >= 11 is 6.10. The van der Waals surface area contributed by atoms with Gasteiger partial charge in [0.1, 0.15) is 0 Å². The van der Waals surface area contributed by atoms with E-state index < -0.39 is 0 Å². The zero-order valence-corrected chi connectivity index (χ0v) is 14.0. The van der Waals surface area contributed by atoms with E-state index in [0.717, 1.165) is 25.9 Å². The number of nitrogens with zero attached hydrogens (tertiary/aromatic N) is 3. The van der Waals surface area contributed by atoms with Crippen LogP contribution in [-0.2, 0) is 0 Å². The van der Waals surface area contributed by atoms with Gasteiger partial charge in [-0.1, -0.05) is 23.7 Å². The molecule has 0 bridgehead atoms. The lowest BCUT2D eigenvalue weighted by molar-refractivity contribution is 0.0633. The fraction of sp³-hybridized carbons (Fsp3) is 0.529. The number of hydrogen-bond acceptors (Lipinski definition) is 2. The second kappa shape index (κ2) is 7.21. The Morgan fingerprint density at radius 2 is 1.35 bits per heavy atom. The Hall–Kier alpha value is -1.75. The van der Waals surface area contributed by atoms with Gasteiger partial charge in [0.05, 0.1) is 10.6 Å². The first-order chi connectivity index (χ1) is 11.2. The first-order valence-corrected chi connectivity index (χ1v) is 8.62. The van der Waals surface area contributed by atoms with Gasteiger partial charge < -0.3 is 14.7 Å². The number of likely N-dealkylation sites (tertiary alicyclic amines) is 1. The average Bonchev–Trinajstić information content (AvgIpc) is 2.62. The topological polar surface area (TPSA) is 43.9 Å². The maximum Gasteiger partial charge on any atom is 0.320 e. The first kappa shape index (κ1) is 16.1. The molecule has 2 fully saturated rings. The van der Waals surface area contributed by atoms with E-state index in [9.17, 15) is 9.59 Å². The molecule has 0 atom stereocenters. The van der Waals surface area contributed by atoms with Gasteiger partial charge in [-0.25, -0.2) is 4.79 Å². The number of urea groups is 1. The molecule has 5 nitrogen and oxygen atoms in total. The fourth-order valence-electron chi connectivity index (χ4n) is 3.19. The minimum absolute atomic E-state index is 0.0549. The zero-order chi connectivity index (χ0) is 16.2. The molecule has 0 unspecified atom stereocenters. The van der Waals surface area contributed by atoms with Crippen molar-refractivity contribution in [3.05, 3.63) is 34.9 Å². The molecule has 0 saturated carbocycles. The van der Waals surface area contributed by atoms with Crippen molar-refractivity contribution in [1.82, 2.24) is 14.7 Å². The number of hydrogen-bond donors (Lipinski definition) is 0. The van der Waals surface area contributed by atoms with Crippen molar-refractivity contribution < 1.29 is 9.59 Å². The monoisotopic (exact) mass is 335 g/mol. The van der Waals surface area contributed by atoms with Gasteiger partial charge in [-0.05, 0) is 31.4 Å². The minimum atomic E-state index is -0.0549. The maximum absolute atomic E-state index is 12.5. The summed E-state index contributed by atoms with van der Waals surface area (Å²) in [5, 5.41) is 0.476. The third-order valence-electron chi connectivity index (χ3n) is 4.57. The molecule has 2 heterocycles. The van der Waals surface area contributed by atoms with Crippen molar-refractivity contribution in [3.8, 4) is 0 Å². The minimum Gasteiger partial charge on any atom is -0.335 e. The summed E-state index contributed by atoms with van der Waals surface area (Å²) in [6.45, 7) is 4.01. The molecule has 3 rings (SSSR count). The summed E-state index contributed by atoms with van der Waals surface area (Å²) in [6.07, 6.45) is 3.40. The van der Waals surface area contributed by atoms with Crippen LogP contribution in [-0.4, -0.2) is 65.9 Å². The van der Waals surface area contributed by atoms with E-state index in [1.54, 1.807) is 17.0 Å². The molecule has 2 aliphatic rings. The van der Waals surface area contributed by atoms with Gasteiger partial charge in [0.15, 0.2) is 0 Å². The standard InChI is InChI=1S/C17H22ClN3O2/c18-15-7-3-2-6-14(15)16(22)19-10-12-21(13-11-19)17(23)20-8-4-1-5-9-20/h2-3,6-7H,1,4-5,8-13H2. The van der Waals surface area contributed by atoms with E-state index >= 15 is 0 Å². The molecule has 0 spiro atoms. The Labute approximate surface area is 141 Å². The Balaban J connectivity index is 1.57. The molecule has 124 valence electrons. The quantitative estimate of drug-likeness (QED) is 0.792. The third kappa shape index (κ3) is 3.61. The van der Waals surface area contributed by atoms with E-state index in [1.807, 2.05) is 21.9 Å². The molecule has 23 heavy (non-hydrogen) atoms. The fourth-order valence-corrected chi connectivity index (χ4v) is 3.41. The number of carbonyl (C=O) groups excluding carboxylic acids is 2. The Morgan fingerprint density at radius 1 is 0.783 bits per heavy atom. The molecule has 1 aromatic rings. The summed E-state index contributed by atoms with van der Waals surface area (Å²) in [6, 6.07) is 7.22. The molecular formula is C17H22ClN3O2. The molecule has 1 aromatic carbocycles. The predicted octanol–water partition coefficient (Wildman–Crippen LogP) is 2.70. The van der Waals surface area contributed by atoms with Crippen LogP contribution in [0.1, 0.15) is 29.6 Å². The second-order valence-electron chi connectivity index (χ2n) is 6.09. The van der Waals surface area contributed by atoms with Crippen LogP contribution >= 0.6 is 11.6 Å². The SMILES string of the molecule is O=C(c1ccccc1Cl)N1CCN(C(=O)N2CCCCC2)CC1. The third-order valence-corrected chi connectivity index (χ3v) is 4.90. The number of piperidine rings is 1. The summed E-state index contributed by atoms with van der Waals surface area (Å²) < 4.78 is 0. The molecule has 6 heteroatoms. The van der Waals surface area contributed by atoms with Crippen LogP contribution in [0, 0.1) is 0 Å². The van der Waals surface area contributed by atoms with Crippen molar-refractivity contribution in [2.75, 3.05) is 39.3 Å². The van der Waals surface area contributed by atoms with Gasteiger partial charge in [-0.3, -0.25) is 4.79 Å². The van der Waals surface area contributed by atoms with Crippen molar-refractivity contribution in [2.24, 2.45) is 0 Å². The van der Waals surface area contributed by atoms with Crippen molar-refractivity contribution in [3.63, 3.8) is 0 Å².